The van der Waals surface area contributed by atoms with Crippen molar-refractivity contribution in [3.63, 3.8) is 0 Å². The fraction of sp³-hybridized carbons (Fsp3) is 0.0526. The Morgan fingerprint density at radius 2 is 1.96 bits per heavy atom. The number of benzene rings is 2. The van der Waals surface area contributed by atoms with Crippen molar-refractivity contribution in [3.05, 3.63) is 76.5 Å². The third-order valence-corrected chi connectivity index (χ3v) is 4.65. The highest BCUT2D eigenvalue weighted by Crippen LogP contribution is 2.29. The van der Waals surface area contributed by atoms with Gasteiger partial charge >= 0.3 is 0 Å². The summed E-state index contributed by atoms with van der Waals surface area (Å²) in [6, 6.07) is 19.1. The average Bonchev–Trinajstić information content (AvgIpc) is 3.29. The first kappa shape index (κ1) is 14.7. The van der Waals surface area contributed by atoms with Crippen LogP contribution >= 0.6 is 11.3 Å². The van der Waals surface area contributed by atoms with Crippen LogP contribution in [-0.2, 0) is 6.54 Å². The van der Waals surface area contributed by atoms with E-state index in [1.807, 2.05) is 60.0 Å². The monoisotopic (exact) mass is 334 g/mol. The standard InChI is InChI=1S/C19H14N2O2S/c22-19(20-12-15-7-4-10-24-15)14-8-9-17-16(11-14)18(23-21-17)13-5-2-1-3-6-13/h1-11H,12H2,(H,20,22). The highest BCUT2D eigenvalue weighted by Gasteiger charge is 2.13. The van der Waals surface area contributed by atoms with Crippen LogP contribution in [-0.4, -0.2) is 11.1 Å². The van der Waals surface area contributed by atoms with Crippen LogP contribution in [0.3, 0.4) is 0 Å². The maximum Gasteiger partial charge on any atom is 0.251 e. The molecule has 118 valence electrons. The third-order valence-electron chi connectivity index (χ3n) is 3.78. The number of fused-ring (bicyclic) bond motifs is 1. The highest BCUT2D eigenvalue weighted by molar-refractivity contribution is 7.09. The zero-order valence-corrected chi connectivity index (χ0v) is 13.5. The number of nitrogens with one attached hydrogen (secondary N) is 1. The zero-order valence-electron chi connectivity index (χ0n) is 12.7. The van der Waals surface area contributed by atoms with Gasteiger partial charge in [-0.1, -0.05) is 41.6 Å². The number of hydrogen-bond donors (Lipinski definition) is 1. The molecule has 0 saturated heterocycles. The van der Waals surface area contributed by atoms with Crippen molar-refractivity contribution in [1.29, 1.82) is 0 Å². The van der Waals surface area contributed by atoms with Gasteiger partial charge in [0.15, 0.2) is 5.76 Å². The molecule has 1 N–H and O–H groups in total. The maximum atomic E-state index is 12.4. The van der Waals surface area contributed by atoms with Crippen molar-refractivity contribution in [2.75, 3.05) is 0 Å². The molecule has 0 aliphatic carbocycles. The predicted octanol–water partition coefficient (Wildman–Crippen LogP) is 4.49. The normalized spacial score (nSPS) is 10.8. The second kappa shape index (κ2) is 6.29. The van der Waals surface area contributed by atoms with Crippen molar-refractivity contribution >= 4 is 28.1 Å². The quantitative estimate of drug-likeness (QED) is 0.598. The summed E-state index contributed by atoms with van der Waals surface area (Å²) >= 11 is 1.62. The maximum absolute atomic E-state index is 12.4. The van der Waals surface area contributed by atoms with E-state index < -0.39 is 0 Å². The van der Waals surface area contributed by atoms with Crippen LogP contribution in [0.15, 0.2) is 70.6 Å². The van der Waals surface area contributed by atoms with E-state index in [9.17, 15) is 4.79 Å². The first-order valence-corrected chi connectivity index (χ1v) is 8.45. The van der Waals surface area contributed by atoms with E-state index in [4.69, 9.17) is 4.52 Å². The van der Waals surface area contributed by atoms with E-state index in [1.165, 1.54) is 0 Å². The molecule has 0 unspecified atom stereocenters. The number of amides is 1. The number of carbonyl (C=O) groups is 1. The minimum absolute atomic E-state index is 0.106. The third kappa shape index (κ3) is 2.81. The molecular formula is C19H14N2O2S. The highest BCUT2D eigenvalue weighted by atomic mass is 32.1. The summed E-state index contributed by atoms with van der Waals surface area (Å²) in [6.07, 6.45) is 0. The lowest BCUT2D eigenvalue weighted by Crippen LogP contribution is -2.22. The Morgan fingerprint density at radius 3 is 2.75 bits per heavy atom. The Kier molecular flexibility index (Phi) is 3.84. The lowest BCUT2D eigenvalue weighted by atomic mass is 10.1. The summed E-state index contributed by atoms with van der Waals surface area (Å²) in [4.78, 5) is 13.5. The van der Waals surface area contributed by atoms with Crippen LogP contribution in [0.1, 0.15) is 15.2 Å². The van der Waals surface area contributed by atoms with Crippen molar-refractivity contribution in [2.24, 2.45) is 0 Å². The van der Waals surface area contributed by atoms with Crippen molar-refractivity contribution < 1.29 is 9.32 Å². The molecule has 4 nitrogen and oxygen atoms in total. The number of hydrogen-bond acceptors (Lipinski definition) is 4. The second-order valence-corrected chi connectivity index (χ2v) is 6.40. The molecule has 2 heterocycles. The van der Waals surface area contributed by atoms with Gasteiger partial charge in [0.25, 0.3) is 5.91 Å². The van der Waals surface area contributed by atoms with Crippen LogP contribution < -0.4 is 5.32 Å². The molecule has 0 bridgehead atoms. The van der Waals surface area contributed by atoms with Gasteiger partial charge in [-0.15, -0.1) is 11.3 Å². The number of rotatable bonds is 4. The predicted molar refractivity (Wildman–Crippen MR) is 94.9 cm³/mol. The Hall–Kier alpha value is -2.92. The zero-order chi connectivity index (χ0) is 16.4. The molecule has 0 aliphatic heterocycles. The number of aromatic nitrogens is 1. The summed E-state index contributed by atoms with van der Waals surface area (Å²) in [5.74, 6) is 0.573. The van der Waals surface area contributed by atoms with Gasteiger partial charge in [0.1, 0.15) is 5.52 Å². The van der Waals surface area contributed by atoms with Gasteiger partial charge in [0.05, 0.1) is 11.9 Å². The van der Waals surface area contributed by atoms with Gasteiger partial charge in [-0.25, -0.2) is 0 Å². The average molecular weight is 334 g/mol. The lowest BCUT2D eigenvalue weighted by Gasteiger charge is -2.04. The Bertz CT molecular complexity index is 975. The van der Waals surface area contributed by atoms with E-state index in [0.29, 0.717) is 17.9 Å². The topological polar surface area (TPSA) is 55.1 Å². The minimum Gasteiger partial charge on any atom is -0.355 e. The van der Waals surface area contributed by atoms with E-state index >= 15 is 0 Å². The Morgan fingerprint density at radius 1 is 1.08 bits per heavy atom. The van der Waals surface area contributed by atoms with Gasteiger partial charge in [-0.05, 0) is 29.6 Å². The molecule has 0 radical (unpaired) electrons. The smallest absolute Gasteiger partial charge is 0.251 e. The van der Waals surface area contributed by atoms with Crippen LogP contribution in [0.2, 0.25) is 0 Å². The molecule has 4 rings (SSSR count). The van der Waals surface area contributed by atoms with Crippen molar-refractivity contribution in [1.82, 2.24) is 10.5 Å². The van der Waals surface area contributed by atoms with Gasteiger partial charge in [-0.3, -0.25) is 4.79 Å². The summed E-state index contributed by atoms with van der Waals surface area (Å²) in [5, 5.41) is 9.85. The number of thiophene rings is 1. The summed E-state index contributed by atoms with van der Waals surface area (Å²) in [7, 11) is 0. The van der Waals surface area contributed by atoms with E-state index in [0.717, 1.165) is 21.3 Å². The molecule has 0 fully saturated rings. The molecule has 5 heteroatoms. The number of carbonyl (C=O) groups excluding carboxylic acids is 1. The molecular weight excluding hydrogens is 320 g/mol. The molecule has 0 spiro atoms. The molecule has 2 aromatic carbocycles. The van der Waals surface area contributed by atoms with Gasteiger partial charge in [0.2, 0.25) is 0 Å². The first-order chi connectivity index (χ1) is 11.8. The fourth-order valence-corrected chi connectivity index (χ4v) is 3.21. The van der Waals surface area contributed by atoms with Crippen molar-refractivity contribution in [2.45, 2.75) is 6.54 Å². The Labute approximate surface area is 142 Å². The molecule has 0 aliphatic rings. The fourth-order valence-electron chi connectivity index (χ4n) is 2.56. The molecule has 4 aromatic rings. The lowest BCUT2D eigenvalue weighted by molar-refractivity contribution is 0.0951. The number of nitrogens with zero attached hydrogens (tertiary/aromatic N) is 1. The summed E-state index contributed by atoms with van der Waals surface area (Å²) in [6.45, 7) is 0.531. The largest absolute Gasteiger partial charge is 0.355 e. The molecule has 1 amide bonds. The summed E-state index contributed by atoms with van der Waals surface area (Å²) < 4.78 is 5.47. The van der Waals surface area contributed by atoms with Crippen LogP contribution in [0.5, 0.6) is 0 Å². The van der Waals surface area contributed by atoms with Crippen LogP contribution in [0.25, 0.3) is 22.2 Å². The Balaban J connectivity index is 1.63. The van der Waals surface area contributed by atoms with Crippen LogP contribution in [0.4, 0.5) is 0 Å². The van der Waals surface area contributed by atoms with Gasteiger partial charge < -0.3 is 9.84 Å². The van der Waals surface area contributed by atoms with E-state index in [1.54, 1.807) is 17.4 Å². The van der Waals surface area contributed by atoms with E-state index in [2.05, 4.69) is 10.5 Å². The molecule has 2 aromatic heterocycles. The van der Waals surface area contributed by atoms with Crippen LogP contribution in [0, 0.1) is 0 Å². The summed E-state index contributed by atoms with van der Waals surface area (Å²) in [5.41, 5.74) is 2.28. The van der Waals surface area contributed by atoms with E-state index in [-0.39, 0.29) is 5.91 Å². The molecule has 0 saturated carbocycles. The first-order valence-electron chi connectivity index (χ1n) is 7.57. The van der Waals surface area contributed by atoms with Gasteiger partial charge in [0, 0.05) is 16.0 Å². The SMILES string of the molecule is O=C(NCc1cccs1)c1ccc2noc(-c3ccccc3)c2c1. The van der Waals surface area contributed by atoms with Gasteiger partial charge in [-0.2, -0.15) is 0 Å². The molecule has 0 atom stereocenters. The minimum atomic E-state index is -0.106. The van der Waals surface area contributed by atoms with Crippen molar-refractivity contribution in [3.8, 4) is 11.3 Å². The molecule has 24 heavy (non-hydrogen) atoms. The second-order valence-electron chi connectivity index (χ2n) is 5.37.